The van der Waals surface area contributed by atoms with Crippen molar-refractivity contribution < 1.29 is 42.6 Å². The van der Waals surface area contributed by atoms with Gasteiger partial charge in [0.1, 0.15) is 11.7 Å². The van der Waals surface area contributed by atoms with Gasteiger partial charge in [0.05, 0.1) is 78.8 Å². The van der Waals surface area contributed by atoms with E-state index in [4.69, 9.17) is 42.6 Å². The standard InChI is InChI=1S/C46H62O9/c1-40(2)49-30-45(7)38(54-40)23-37-44(6,55-45)29-46-27-41(3,24-39(46)51-37)20-18-33-34(53-46)22-36-43(5,52-33)28-42(4,48-26-32-16-12-9-13-17-32)35(50-36)19-21-47-25-31-14-10-8-11-15-31/h8-18,20,33-39H,19,21-30H2,1-7H3/t33-,34+,35+,36-,37-,38+,39+,41-,42-,43+,44+,45-,46-/m1/s1. The first kappa shape index (κ1) is 38.3. The summed E-state index contributed by atoms with van der Waals surface area (Å²) in [6.07, 6.45) is 8.96. The highest BCUT2D eigenvalue weighted by molar-refractivity contribution is 5.23. The molecule has 2 aromatic rings. The van der Waals surface area contributed by atoms with Crippen molar-refractivity contribution in [3.05, 3.63) is 83.9 Å². The molecule has 5 saturated heterocycles. The molecule has 0 radical (unpaired) electrons. The third-order valence-electron chi connectivity index (χ3n) is 14.0. The van der Waals surface area contributed by atoms with Gasteiger partial charge < -0.3 is 42.6 Å². The van der Waals surface area contributed by atoms with Crippen LogP contribution < -0.4 is 0 Å². The Labute approximate surface area is 327 Å². The average Bonchev–Trinajstić information content (AvgIpc) is 3.42. The maximum absolute atomic E-state index is 7.51. The van der Waals surface area contributed by atoms with Gasteiger partial charge in [0.25, 0.3) is 0 Å². The molecule has 0 amide bonds. The third kappa shape index (κ3) is 7.18. The molecule has 0 aromatic heterocycles. The predicted molar refractivity (Wildman–Crippen MR) is 206 cm³/mol. The first-order valence-electron chi connectivity index (χ1n) is 20.8. The number of allylic oxidation sites excluding steroid dienone is 1. The molecule has 0 N–H and O–H groups in total. The molecule has 9 nitrogen and oxygen atoms in total. The molecule has 0 unspecified atom stereocenters. The quantitative estimate of drug-likeness (QED) is 0.197. The van der Waals surface area contributed by atoms with Crippen LogP contribution in [0.25, 0.3) is 0 Å². The van der Waals surface area contributed by atoms with Crippen molar-refractivity contribution in [2.75, 3.05) is 13.2 Å². The molecule has 2 aromatic carbocycles. The second kappa shape index (κ2) is 13.7. The van der Waals surface area contributed by atoms with Crippen LogP contribution in [0.1, 0.15) is 105 Å². The molecule has 55 heavy (non-hydrogen) atoms. The highest BCUT2D eigenvalue weighted by Gasteiger charge is 2.68. The van der Waals surface area contributed by atoms with E-state index in [-0.39, 0.29) is 48.1 Å². The minimum atomic E-state index is -0.649. The lowest BCUT2D eigenvalue weighted by atomic mass is 9.71. The summed E-state index contributed by atoms with van der Waals surface area (Å²) in [6, 6.07) is 20.7. The van der Waals surface area contributed by atoms with Gasteiger partial charge in [-0.3, -0.25) is 0 Å². The lowest BCUT2D eigenvalue weighted by molar-refractivity contribution is -0.405. The van der Waals surface area contributed by atoms with Crippen LogP contribution in [-0.4, -0.2) is 89.7 Å². The SMILES string of the molecule is CC1(C)OC[C@@]2(C)O[C@@]3(C)C[C@@]45C[C@](C)(C=C[C@H]6O[C@@]7(C)C[C@@](C)(OCc8ccccc8)[C@H](CCOCc8ccccc8)O[C@@H]7C[C@@H]6O4)C[C@@H]5O[C@@H]3C[C@@H]2O1. The number of fused-ring (bicyclic) bond motifs is 5. The van der Waals surface area contributed by atoms with Gasteiger partial charge >= 0.3 is 0 Å². The van der Waals surface area contributed by atoms with Gasteiger partial charge in [-0.05, 0) is 77.3 Å². The van der Waals surface area contributed by atoms with Crippen molar-refractivity contribution in [3.8, 4) is 0 Å². The number of hydrogen-bond donors (Lipinski definition) is 0. The molecule has 6 aliphatic heterocycles. The van der Waals surface area contributed by atoms with Gasteiger partial charge in [-0.1, -0.05) is 79.7 Å². The van der Waals surface area contributed by atoms with E-state index >= 15 is 0 Å². The zero-order valence-electron chi connectivity index (χ0n) is 33.9. The molecule has 2 bridgehead atoms. The largest absolute Gasteiger partial charge is 0.377 e. The van der Waals surface area contributed by atoms with E-state index in [1.54, 1.807) is 0 Å². The third-order valence-corrected chi connectivity index (χ3v) is 14.0. The fourth-order valence-electron chi connectivity index (χ4n) is 11.4. The number of benzene rings is 2. The lowest BCUT2D eigenvalue weighted by Crippen LogP contribution is -2.72. The molecule has 9 heteroatoms. The van der Waals surface area contributed by atoms with Crippen LogP contribution in [0.3, 0.4) is 0 Å². The van der Waals surface area contributed by atoms with E-state index in [9.17, 15) is 0 Å². The Morgan fingerprint density at radius 2 is 1.38 bits per heavy atom. The number of hydrogen-bond acceptors (Lipinski definition) is 9. The molecule has 1 spiro atoms. The van der Waals surface area contributed by atoms with Crippen molar-refractivity contribution in [3.63, 3.8) is 0 Å². The van der Waals surface area contributed by atoms with Gasteiger partial charge in [0.15, 0.2) is 5.79 Å². The Kier molecular flexibility index (Phi) is 9.55. The zero-order chi connectivity index (χ0) is 38.3. The van der Waals surface area contributed by atoms with E-state index in [0.717, 1.165) is 36.8 Å². The fraction of sp³-hybridized carbons (Fsp3) is 0.696. The Morgan fingerprint density at radius 3 is 2.13 bits per heavy atom. The topological polar surface area (TPSA) is 83.1 Å². The molecular weight excluding hydrogens is 696 g/mol. The first-order valence-corrected chi connectivity index (χ1v) is 20.8. The van der Waals surface area contributed by atoms with E-state index < -0.39 is 33.8 Å². The van der Waals surface area contributed by atoms with Gasteiger partial charge in [-0.25, -0.2) is 0 Å². The first-order chi connectivity index (χ1) is 26.1. The maximum atomic E-state index is 7.51. The summed E-state index contributed by atoms with van der Waals surface area (Å²) in [5.74, 6) is -0.649. The van der Waals surface area contributed by atoms with Crippen LogP contribution in [0.5, 0.6) is 0 Å². The highest BCUT2D eigenvalue weighted by atomic mass is 16.7. The van der Waals surface area contributed by atoms with Crippen molar-refractivity contribution in [1.82, 2.24) is 0 Å². The predicted octanol–water partition coefficient (Wildman–Crippen LogP) is 8.01. The van der Waals surface area contributed by atoms with Gasteiger partial charge in [0.2, 0.25) is 0 Å². The Hall–Kier alpha value is -2.18. The highest BCUT2D eigenvalue weighted by Crippen LogP contribution is 2.61. The van der Waals surface area contributed by atoms with E-state index in [1.165, 1.54) is 0 Å². The summed E-state index contributed by atoms with van der Waals surface area (Å²) in [7, 11) is 0. The van der Waals surface area contributed by atoms with Crippen molar-refractivity contribution >= 4 is 0 Å². The Morgan fingerprint density at radius 1 is 0.673 bits per heavy atom. The summed E-state index contributed by atoms with van der Waals surface area (Å²) >= 11 is 0. The summed E-state index contributed by atoms with van der Waals surface area (Å²) in [6.45, 7) is 17.2. The van der Waals surface area contributed by atoms with Crippen molar-refractivity contribution in [2.45, 2.75) is 183 Å². The maximum Gasteiger partial charge on any atom is 0.163 e. The van der Waals surface area contributed by atoms with Gasteiger partial charge in [-0.15, -0.1) is 0 Å². The molecule has 1 aliphatic carbocycles. The molecule has 1 saturated carbocycles. The van der Waals surface area contributed by atoms with Crippen molar-refractivity contribution in [1.29, 1.82) is 0 Å². The molecule has 7 aliphatic rings. The second-order valence-corrected chi connectivity index (χ2v) is 19.5. The smallest absolute Gasteiger partial charge is 0.163 e. The van der Waals surface area contributed by atoms with Crippen LogP contribution in [0.2, 0.25) is 0 Å². The molecule has 6 heterocycles. The monoisotopic (exact) mass is 758 g/mol. The molecule has 6 fully saturated rings. The average molecular weight is 759 g/mol. The number of rotatable bonds is 8. The van der Waals surface area contributed by atoms with Crippen LogP contribution >= 0.6 is 0 Å². The van der Waals surface area contributed by atoms with Crippen LogP contribution in [0.4, 0.5) is 0 Å². The summed E-state index contributed by atoms with van der Waals surface area (Å²) in [5.41, 5.74) is -0.640. The van der Waals surface area contributed by atoms with E-state index in [1.807, 2.05) is 38.1 Å². The lowest BCUT2D eigenvalue weighted by Gasteiger charge is -2.62. The van der Waals surface area contributed by atoms with Crippen LogP contribution in [0, 0.1) is 5.41 Å². The zero-order valence-corrected chi connectivity index (χ0v) is 33.9. The summed E-state index contributed by atoms with van der Waals surface area (Å²) in [5, 5.41) is 0. The fourth-order valence-corrected chi connectivity index (χ4v) is 11.4. The van der Waals surface area contributed by atoms with E-state index in [2.05, 4.69) is 83.2 Å². The number of ether oxygens (including phenoxy) is 9. The minimum Gasteiger partial charge on any atom is -0.377 e. The van der Waals surface area contributed by atoms with Crippen molar-refractivity contribution in [2.24, 2.45) is 5.41 Å². The van der Waals surface area contributed by atoms with Gasteiger partial charge in [-0.2, -0.15) is 0 Å². The van der Waals surface area contributed by atoms with E-state index in [0.29, 0.717) is 45.7 Å². The molecular formula is C46H62O9. The Balaban J connectivity index is 0.955. The molecule has 13 atom stereocenters. The Bertz CT molecular complexity index is 1720. The molecule has 9 rings (SSSR count). The summed E-state index contributed by atoms with van der Waals surface area (Å²) < 4.78 is 61.9. The minimum absolute atomic E-state index is 0.0652. The van der Waals surface area contributed by atoms with Gasteiger partial charge in [0, 0.05) is 32.3 Å². The summed E-state index contributed by atoms with van der Waals surface area (Å²) in [4.78, 5) is 0. The van der Waals surface area contributed by atoms with Crippen LogP contribution in [0.15, 0.2) is 72.8 Å². The molecule has 300 valence electrons. The normalized spacial score (nSPS) is 46.9. The van der Waals surface area contributed by atoms with Crippen LogP contribution in [-0.2, 0) is 55.8 Å². The second-order valence-electron chi connectivity index (χ2n) is 19.5.